The summed E-state index contributed by atoms with van der Waals surface area (Å²) in [7, 11) is -3.51. The number of hydrogen-bond acceptors (Lipinski definition) is 4. The van der Waals surface area contributed by atoms with Gasteiger partial charge in [0.1, 0.15) is 0 Å². The van der Waals surface area contributed by atoms with Crippen molar-refractivity contribution in [2.45, 2.75) is 102 Å². The lowest BCUT2D eigenvalue weighted by molar-refractivity contribution is -0.143. The van der Waals surface area contributed by atoms with Gasteiger partial charge in [-0.3, -0.25) is 4.79 Å². The van der Waals surface area contributed by atoms with E-state index in [9.17, 15) is 13.2 Å². The summed E-state index contributed by atoms with van der Waals surface area (Å²) in [5.41, 5.74) is 0. The number of sulfonamides is 1. The number of ether oxygens (including phenoxy) is 1. The van der Waals surface area contributed by atoms with Crippen LogP contribution in [-0.4, -0.2) is 27.5 Å². The molecule has 0 amide bonds. The fourth-order valence-electron chi connectivity index (χ4n) is 6.07. The van der Waals surface area contributed by atoms with Crippen molar-refractivity contribution in [1.29, 1.82) is 0 Å². The van der Waals surface area contributed by atoms with Gasteiger partial charge in [0.25, 0.3) is 0 Å². The minimum absolute atomic E-state index is 0.0866. The summed E-state index contributed by atoms with van der Waals surface area (Å²) in [4.78, 5) is 12.3. The number of carbonyl (C=O) groups excluding carboxylic acids is 1. The zero-order valence-electron chi connectivity index (χ0n) is 22.5. The molecule has 3 rings (SSSR count). The molecule has 1 N–H and O–H groups in total. The van der Waals surface area contributed by atoms with Crippen LogP contribution in [0.5, 0.6) is 0 Å². The van der Waals surface area contributed by atoms with E-state index in [-0.39, 0.29) is 5.97 Å². The van der Waals surface area contributed by atoms with E-state index in [1.54, 1.807) is 24.3 Å². The van der Waals surface area contributed by atoms with Gasteiger partial charge in [-0.15, -0.1) is 0 Å². The van der Waals surface area contributed by atoms with Crippen LogP contribution >= 0.6 is 15.9 Å². The smallest absolute Gasteiger partial charge is 0.305 e. The molecule has 5 nitrogen and oxygen atoms in total. The van der Waals surface area contributed by atoms with Gasteiger partial charge in [-0.25, -0.2) is 13.1 Å². The number of esters is 1. The molecule has 0 heterocycles. The van der Waals surface area contributed by atoms with Crippen molar-refractivity contribution < 1.29 is 17.9 Å². The molecule has 208 valence electrons. The molecule has 0 aliphatic heterocycles. The number of halogens is 1. The van der Waals surface area contributed by atoms with E-state index in [2.05, 4.69) is 39.7 Å². The van der Waals surface area contributed by atoms with E-state index in [1.165, 1.54) is 57.8 Å². The largest absolute Gasteiger partial charge is 0.466 e. The Bertz CT molecular complexity index is 947. The summed E-state index contributed by atoms with van der Waals surface area (Å²) in [6.07, 6.45) is 20.2. The van der Waals surface area contributed by atoms with Crippen LogP contribution in [0.4, 0.5) is 0 Å². The maximum atomic E-state index is 12.8. The van der Waals surface area contributed by atoms with Crippen molar-refractivity contribution in [2.24, 2.45) is 23.7 Å². The average molecular weight is 597 g/mol. The SMILES string of the molecule is CCCCCCCCCCOC(=O)CCC/C=C\[C@@H]1[C@@H]2CC[C@H](C2)[C@H]1CNS(=O)(=O)c1ccc(Br)cc1. The summed E-state index contributed by atoms with van der Waals surface area (Å²) in [6, 6.07) is 6.77. The van der Waals surface area contributed by atoms with Crippen molar-refractivity contribution >= 4 is 31.9 Å². The molecule has 0 aromatic heterocycles. The molecule has 1 aromatic carbocycles. The van der Waals surface area contributed by atoms with Gasteiger partial charge < -0.3 is 4.74 Å². The topological polar surface area (TPSA) is 72.5 Å². The summed E-state index contributed by atoms with van der Waals surface area (Å²) in [6.45, 7) is 3.27. The highest BCUT2D eigenvalue weighted by molar-refractivity contribution is 9.10. The molecular formula is C30H46BrNO4S. The van der Waals surface area contributed by atoms with Gasteiger partial charge in [-0.05, 0) is 86.5 Å². The number of benzene rings is 1. The Labute approximate surface area is 233 Å². The maximum Gasteiger partial charge on any atom is 0.305 e. The third-order valence-corrected chi connectivity index (χ3v) is 10.1. The molecule has 2 saturated carbocycles. The molecule has 7 heteroatoms. The Morgan fingerprint density at radius 1 is 1.00 bits per heavy atom. The molecule has 2 bridgehead atoms. The van der Waals surface area contributed by atoms with Crippen LogP contribution in [0.1, 0.15) is 96.8 Å². The first-order chi connectivity index (χ1) is 17.9. The first-order valence-corrected chi connectivity index (χ1v) is 16.8. The normalized spacial score (nSPS) is 23.2. The van der Waals surface area contributed by atoms with E-state index in [0.29, 0.717) is 48.1 Å². The predicted octanol–water partition coefficient (Wildman–Crippen LogP) is 7.80. The second-order valence-electron chi connectivity index (χ2n) is 10.9. The maximum absolute atomic E-state index is 12.8. The lowest BCUT2D eigenvalue weighted by Crippen LogP contribution is -2.35. The first kappa shape index (κ1) is 30.4. The molecule has 4 atom stereocenters. The quantitative estimate of drug-likeness (QED) is 0.107. The highest BCUT2D eigenvalue weighted by Crippen LogP contribution is 2.52. The molecule has 1 aromatic rings. The van der Waals surface area contributed by atoms with E-state index in [4.69, 9.17) is 4.74 Å². The van der Waals surface area contributed by atoms with Crippen LogP contribution in [0.3, 0.4) is 0 Å². The van der Waals surface area contributed by atoms with Gasteiger partial charge in [0.05, 0.1) is 11.5 Å². The van der Waals surface area contributed by atoms with Gasteiger partial charge in [-0.2, -0.15) is 0 Å². The second-order valence-corrected chi connectivity index (χ2v) is 13.6. The molecule has 0 saturated heterocycles. The highest BCUT2D eigenvalue weighted by Gasteiger charge is 2.46. The Kier molecular flexibility index (Phi) is 13.2. The number of carbonyl (C=O) groups is 1. The Hall–Kier alpha value is -1.18. The van der Waals surface area contributed by atoms with Gasteiger partial charge in [-0.1, -0.05) is 80.0 Å². The Morgan fingerprint density at radius 2 is 1.68 bits per heavy atom. The van der Waals surface area contributed by atoms with Crippen LogP contribution in [0, 0.1) is 23.7 Å². The number of nitrogens with one attached hydrogen (secondary N) is 1. The van der Waals surface area contributed by atoms with Crippen LogP contribution in [0.2, 0.25) is 0 Å². The fourth-order valence-corrected chi connectivity index (χ4v) is 7.41. The van der Waals surface area contributed by atoms with Crippen LogP contribution in [0.15, 0.2) is 45.8 Å². The van der Waals surface area contributed by atoms with Crippen LogP contribution in [-0.2, 0) is 19.6 Å². The summed E-state index contributed by atoms with van der Waals surface area (Å²) in [5, 5.41) is 0. The number of fused-ring (bicyclic) bond motifs is 2. The van der Waals surface area contributed by atoms with Gasteiger partial charge in [0.2, 0.25) is 10.0 Å². The zero-order chi connectivity index (χ0) is 26.5. The van der Waals surface area contributed by atoms with E-state index in [1.807, 2.05) is 0 Å². The molecule has 0 spiro atoms. The van der Waals surface area contributed by atoms with Crippen LogP contribution in [0.25, 0.3) is 0 Å². The number of unbranched alkanes of at least 4 members (excludes halogenated alkanes) is 8. The minimum Gasteiger partial charge on any atom is -0.466 e. The van der Waals surface area contributed by atoms with Crippen molar-refractivity contribution in [3.63, 3.8) is 0 Å². The lowest BCUT2D eigenvalue weighted by Gasteiger charge is -2.29. The van der Waals surface area contributed by atoms with Crippen LogP contribution < -0.4 is 4.72 Å². The van der Waals surface area contributed by atoms with Crippen molar-refractivity contribution in [3.8, 4) is 0 Å². The Balaban J connectivity index is 1.31. The van der Waals surface area contributed by atoms with E-state index >= 15 is 0 Å². The molecule has 0 radical (unpaired) electrons. The third kappa shape index (κ3) is 10.1. The van der Waals surface area contributed by atoms with E-state index < -0.39 is 10.0 Å². The van der Waals surface area contributed by atoms with Crippen molar-refractivity contribution in [3.05, 3.63) is 40.9 Å². The molecule has 37 heavy (non-hydrogen) atoms. The number of allylic oxidation sites excluding steroid dienone is 2. The van der Waals surface area contributed by atoms with Gasteiger partial charge in [0, 0.05) is 17.4 Å². The summed E-state index contributed by atoms with van der Waals surface area (Å²) < 4.78 is 34.7. The lowest BCUT2D eigenvalue weighted by atomic mass is 9.79. The minimum atomic E-state index is -3.51. The molecule has 2 aliphatic rings. The molecule has 0 unspecified atom stereocenters. The molecular weight excluding hydrogens is 550 g/mol. The first-order valence-electron chi connectivity index (χ1n) is 14.5. The van der Waals surface area contributed by atoms with Gasteiger partial charge in [0.15, 0.2) is 0 Å². The Morgan fingerprint density at radius 3 is 2.41 bits per heavy atom. The highest BCUT2D eigenvalue weighted by atomic mass is 79.9. The average Bonchev–Trinajstić information content (AvgIpc) is 3.48. The summed E-state index contributed by atoms with van der Waals surface area (Å²) >= 11 is 3.36. The van der Waals surface area contributed by atoms with E-state index in [0.717, 1.165) is 30.2 Å². The third-order valence-electron chi connectivity index (χ3n) is 8.16. The van der Waals surface area contributed by atoms with Gasteiger partial charge >= 0.3 is 5.97 Å². The number of hydrogen-bond donors (Lipinski definition) is 1. The van der Waals surface area contributed by atoms with Crippen molar-refractivity contribution in [1.82, 2.24) is 4.72 Å². The number of rotatable bonds is 18. The van der Waals surface area contributed by atoms with Crippen molar-refractivity contribution in [2.75, 3.05) is 13.2 Å². The summed E-state index contributed by atoms with van der Waals surface area (Å²) in [5.74, 6) is 1.92. The molecule has 2 aliphatic carbocycles. The molecule has 2 fully saturated rings. The fraction of sp³-hybridized carbons (Fsp3) is 0.700. The second kappa shape index (κ2) is 16.0. The predicted molar refractivity (Wildman–Crippen MR) is 154 cm³/mol. The zero-order valence-corrected chi connectivity index (χ0v) is 24.9. The monoisotopic (exact) mass is 595 g/mol. The standard InChI is InChI=1S/C30H46BrNO4S/c1-2-3-4-5-6-7-8-12-21-36-30(33)14-11-9-10-13-28-24-15-16-25(22-24)29(28)23-32-37(34,35)27-19-17-26(31)18-20-27/h10,13,17-20,24-25,28-29,32H,2-9,11-12,14-16,21-23H2,1H3/b13-10-/t24-,25-,28-,29-/m1/s1.